The Kier molecular flexibility index (Phi) is 7.96. The first-order chi connectivity index (χ1) is 15.5. The molecule has 1 aromatic rings. The SMILES string of the molecule is CON=CC=CC(=O)NC=CCC1OC(=O)c2c(O)cccc2C=CC=CC2OC2C1O. The van der Waals surface area contributed by atoms with E-state index in [0.29, 0.717) is 5.56 Å². The van der Waals surface area contributed by atoms with Gasteiger partial charge in [0.05, 0.1) is 6.21 Å². The van der Waals surface area contributed by atoms with Crippen molar-refractivity contribution in [3.8, 4) is 5.75 Å². The number of phenolic OH excluding ortho intramolecular Hbond substituents is 1. The summed E-state index contributed by atoms with van der Waals surface area (Å²) < 4.78 is 11.0. The predicted octanol–water partition coefficient (Wildman–Crippen LogP) is 1.84. The van der Waals surface area contributed by atoms with E-state index in [2.05, 4.69) is 15.3 Å². The predicted molar refractivity (Wildman–Crippen MR) is 117 cm³/mol. The van der Waals surface area contributed by atoms with Gasteiger partial charge >= 0.3 is 5.97 Å². The molecule has 3 rings (SSSR count). The van der Waals surface area contributed by atoms with Crippen molar-refractivity contribution >= 4 is 24.2 Å². The standard InChI is InChI=1S/C23H24N2O7/c1-30-25-14-6-12-19(27)24-13-5-11-17-21(28)22-18(31-22)10-3-2-7-15-8-4-9-16(26)20(15)23(29)32-17/h2-10,12-14,17-18,21-22,26,28H,11H2,1H3,(H,24,27). The molecule has 1 fully saturated rings. The Morgan fingerprint density at radius 1 is 1.34 bits per heavy atom. The third-order valence-corrected chi connectivity index (χ3v) is 4.72. The molecule has 9 nitrogen and oxygen atoms in total. The highest BCUT2D eigenvalue weighted by Gasteiger charge is 2.46. The smallest absolute Gasteiger partial charge is 0.342 e. The lowest BCUT2D eigenvalue weighted by atomic mass is 10.0. The van der Waals surface area contributed by atoms with Crippen molar-refractivity contribution in [2.75, 3.05) is 7.11 Å². The number of fused-ring (bicyclic) bond motifs is 2. The molecule has 1 amide bonds. The third-order valence-electron chi connectivity index (χ3n) is 4.72. The lowest BCUT2D eigenvalue weighted by Crippen LogP contribution is -2.36. The summed E-state index contributed by atoms with van der Waals surface area (Å²) in [6.07, 6.45) is 11.1. The second kappa shape index (κ2) is 11.1. The number of cyclic esters (lactones) is 1. The van der Waals surface area contributed by atoms with Crippen LogP contribution in [0.4, 0.5) is 0 Å². The van der Waals surface area contributed by atoms with Crippen molar-refractivity contribution in [1.29, 1.82) is 0 Å². The van der Waals surface area contributed by atoms with Gasteiger partial charge in [0.25, 0.3) is 0 Å². The number of hydrogen-bond acceptors (Lipinski definition) is 8. The summed E-state index contributed by atoms with van der Waals surface area (Å²) in [6.45, 7) is 0. The van der Waals surface area contributed by atoms with Gasteiger partial charge in [0.15, 0.2) is 0 Å². The fourth-order valence-corrected chi connectivity index (χ4v) is 3.10. The number of nitrogens with one attached hydrogen (secondary N) is 1. The van der Waals surface area contributed by atoms with Crippen LogP contribution in [0.5, 0.6) is 5.75 Å². The summed E-state index contributed by atoms with van der Waals surface area (Å²) in [4.78, 5) is 29.0. The zero-order valence-corrected chi connectivity index (χ0v) is 17.3. The molecular weight excluding hydrogens is 416 g/mol. The summed E-state index contributed by atoms with van der Waals surface area (Å²) in [5, 5.41) is 26.9. The number of carbonyl (C=O) groups excluding carboxylic acids is 2. The zero-order valence-electron chi connectivity index (χ0n) is 17.3. The first-order valence-corrected chi connectivity index (χ1v) is 9.91. The highest BCUT2D eigenvalue weighted by molar-refractivity contribution is 5.96. The summed E-state index contributed by atoms with van der Waals surface area (Å²) in [5.41, 5.74) is 0.483. The fraction of sp³-hybridized carbons (Fsp3) is 0.261. The van der Waals surface area contributed by atoms with E-state index >= 15 is 0 Å². The molecule has 2 heterocycles. The van der Waals surface area contributed by atoms with Crippen LogP contribution in [-0.2, 0) is 19.1 Å². The Balaban J connectivity index is 1.72. The van der Waals surface area contributed by atoms with Gasteiger partial charge < -0.3 is 29.8 Å². The van der Waals surface area contributed by atoms with Crippen LogP contribution < -0.4 is 5.32 Å². The maximum Gasteiger partial charge on any atom is 0.342 e. The van der Waals surface area contributed by atoms with Gasteiger partial charge in [-0.15, -0.1) is 0 Å². The average molecular weight is 440 g/mol. The lowest BCUT2D eigenvalue weighted by molar-refractivity contribution is -0.115. The number of ether oxygens (including phenoxy) is 2. The quantitative estimate of drug-likeness (QED) is 0.202. The fourth-order valence-electron chi connectivity index (χ4n) is 3.10. The van der Waals surface area contributed by atoms with Crippen LogP contribution in [0.15, 0.2) is 66.0 Å². The van der Waals surface area contributed by atoms with E-state index in [-0.39, 0.29) is 23.8 Å². The summed E-state index contributed by atoms with van der Waals surface area (Å²) in [6, 6.07) is 4.69. The minimum absolute atomic E-state index is 0.00308. The Labute approximate surface area is 185 Å². The Morgan fingerprint density at radius 3 is 3.00 bits per heavy atom. The van der Waals surface area contributed by atoms with Gasteiger partial charge in [0.2, 0.25) is 5.91 Å². The van der Waals surface area contributed by atoms with E-state index in [9.17, 15) is 19.8 Å². The molecule has 0 aliphatic carbocycles. The van der Waals surface area contributed by atoms with Crippen LogP contribution in [0.2, 0.25) is 0 Å². The van der Waals surface area contributed by atoms with Crippen LogP contribution in [-0.4, -0.2) is 59.8 Å². The van der Waals surface area contributed by atoms with Crippen molar-refractivity contribution in [3.05, 3.63) is 72.0 Å². The van der Waals surface area contributed by atoms with Crippen LogP contribution in [0.3, 0.4) is 0 Å². The van der Waals surface area contributed by atoms with E-state index in [1.54, 1.807) is 42.5 Å². The van der Waals surface area contributed by atoms with Crippen molar-refractivity contribution in [2.24, 2.45) is 5.16 Å². The van der Waals surface area contributed by atoms with Gasteiger partial charge in [-0.1, -0.05) is 47.7 Å². The van der Waals surface area contributed by atoms with Gasteiger partial charge in [-0.3, -0.25) is 4.79 Å². The number of epoxide rings is 1. The minimum atomic E-state index is -1.10. The van der Waals surface area contributed by atoms with Crippen LogP contribution in [0, 0.1) is 0 Å². The number of oxime groups is 1. The first kappa shape index (κ1) is 23.0. The molecule has 0 saturated carbocycles. The molecule has 0 bridgehead atoms. The Hall–Kier alpha value is -3.69. The van der Waals surface area contributed by atoms with Crippen molar-refractivity contribution < 1.29 is 34.1 Å². The van der Waals surface area contributed by atoms with E-state index in [1.165, 1.54) is 37.7 Å². The number of phenols is 1. The van der Waals surface area contributed by atoms with Gasteiger partial charge in [0, 0.05) is 18.7 Å². The number of hydrogen-bond donors (Lipinski definition) is 3. The molecule has 4 unspecified atom stereocenters. The monoisotopic (exact) mass is 440 g/mol. The minimum Gasteiger partial charge on any atom is -0.507 e. The molecule has 0 aromatic heterocycles. The molecule has 0 radical (unpaired) electrons. The lowest BCUT2D eigenvalue weighted by Gasteiger charge is -2.22. The maximum atomic E-state index is 12.8. The Bertz CT molecular complexity index is 981. The number of esters is 1. The molecule has 2 aliphatic heterocycles. The van der Waals surface area contributed by atoms with Gasteiger partial charge in [-0.05, 0) is 17.7 Å². The van der Waals surface area contributed by atoms with Gasteiger partial charge in [-0.25, -0.2) is 4.79 Å². The Morgan fingerprint density at radius 2 is 2.19 bits per heavy atom. The highest BCUT2D eigenvalue weighted by Crippen LogP contribution is 2.32. The van der Waals surface area contributed by atoms with Crippen molar-refractivity contribution in [3.63, 3.8) is 0 Å². The molecule has 32 heavy (non-hydrogen) atoms. The van der Waals surface area contributed by atoms with E-state index in [0.717, 1.165) is 0 Å². The summed E-state index contributed by atoms with van der Waals surface area (Å²) in [5.74, 6) is -1.40. The maximum absolute atomic E-state index is 12.8. The van der Waals surface area contributed by atoms with Gasteiger partial charge in [-0.2, -0.15) is 0 Å². The van der Waals surface area contributed by atoms with Crippen LogP contribution in [0.1, 0.15) is 22.3 Å². The molecule has 3 N–H and O–H groups in total. The molecule has 9 heteroatoms. The number of aromatic hydroxyl groups is 1. The topological polar surface area (TPSA) is 130 Å². The summed E-state index contributed by atoms with van der Waals surface area (Å²) >= 11 is 0. The molecule has 1 aromatic carbocycles. The van der Waals surface area contributed by atoms with Crippen LogP contribution >= 0.6 is 0 Å². The molecule has 0 spiro atoms. The number of aliphatic hydroxyl groups excluding tert-OH is 1. The highest BCUT2D eigenvalue weighted by atomic mass is 16.6. The molecule has 2 aliphatic rings. The zero-order chi connectivity index (χ0) is 22.9. The van der Waals surface area contributed by atoms with Crippen LogP contribution in [0.25, 0.3) is 6.08 Å². The number of allylic oxidation sites excluding steroid dienone is 3. The van der Waals surface area contributed by atoms with Crippen molar-refractivity contribution in [1.82, 2.24) is 5.32 Å². The number of carbonyl (C=O) groups is 2. The second-order valence-corrected chi connectivity index (χ2v) is 6.93. The van der Waals surface area contributed by atoms with Gasteiger partial charge in [0.1, 0.15) is 42.8 Å². The summed E-state index contributed by atoms with van der Waals surface area (Å²) in [7, 11) is 1.39. The number of rotatable bonds is 6. The molecular formula is C23H24N2O7. The molecule has 168 valence electrons. The van der Waals surface area contributed by atoms with E-state index in [4.69, 9.17) is 9.47 Å². The third kappa shape index (κ3) is 6.16. The van der Waals surface area contributed by atoms with E-state index in [1.807, 2.05) is 0 Å². The van der Waals surface area contributed by atoms with E-state index < -0.39 is 30.2 Å². The largest absolute Gasteiger partial charge is 0.507 e. The number of nitrogens with zero attached hydrogens (tertiary/aromatic N) is 1. The second-order valence-electron chi connectivity index (χ2n) is 6.93. The number of aliphatic hydroxyl groups is 1. The number of benzene rings is 1. The molecule has 4 atom stereocenters. The normalized spacial score (nSPS) is 25.1. The first-order valence-electron chi connectivity index (χ1n) is 9.91. The number of amides is 1. The molecule has 1 saturated heterocycles. The average Bonchev–Trinajstić information content (AvgIpc) is 3.54. The van der Waals surface area contributed by atoms with Crippen molar-refractivity contribution in [2.45, 2.75) is 30.8 Å².